The third kappa shape index (κ3) is 3.63. The van der Waals surface area contributed by atoms with Crippen LogP contribution < -0.4 is 0 Å². The van der Waals surface area contributed by atoms with Crippen molar-refractivity contribution in [3.8, 4) is 45.2 Å². The van der Waals surface area contributed by atoms with E-state index in [1.165, 1.54) is 33.0 Å². The van der Waals surface area contributed by atoms with Crippen LogP contribution in [-0.2, 0) is 5.41 Å². The second kappa shape index (κ2) is 8.76. The molecule has 43 heavy (non-hydrogen) atoms. The average Bonchev–Trinajstić information content (AvgIpc) is 3.74. The molecule has 4 heteroatoms. The van der Waals surface area contributed by atoms with E-state index in [-0.39, 0.29) is 5.41 Å². The van der Waals surface area contributed by atoms with Crippen molar-refractivity contribution in [2.75, 3.05) is 0 Å². The van der Waals surface area contributed by atoms with Crippen molar-refractivity contribution >= 4 is 33.0 Å². The van der Waals surface area contributed by atoms with E-state index in [1.54, 1.807) is 0 Å². The van der Waals surface area contributed by atoms with Gasteiger partial charge >= 0.3 is 0 Å². The van der Waals surface area contributed by atoms with Crippen LogP contribution in [0.5, 0.6) is 0 Å². The summed E-state index contributed by atoms with van der Waals surface area (Å²) in [5, 5.41) is 2.57. The molecule has 8 aromatic rings. The molecule has 0 bridgehead atoms. The fourth-order valence-corrected chi connectivity index (χ4v) is 6.72. The van der Waals surface area contributed by atoms with Gasteiger partial charge in [0.05, 0.1) is 0 Å². The Morgan fingerprint density at radius 1 is 0.512 bits per heavy atom. The summed E-state index contributed by atoms with van der Waals surface area (Å²) >= 11 is 0. The lowest BCUT2D eigenvalue weighted by Gasteiger charge is -2.22. The average molecular weight is 555 g/mol. The molecule has 0 saturated carbocycles. The van der Waals surface area contributed by atoms with Crippen molar-refractivity contribution in [3.05, 3.63) is 132 Å². The van der Waals surface area contributed by atoms with Gasteiger partial charge in [0.25, 0.3) is 0 Å². The Labute approximate surface area is 248 Å². The quantitative estimate of drug-likeness (QED) is 0.218. The van der Waals surface area contributed by atoms with Gasteiger partial charge in [-0.2, -0.15) is 0 Å². The van der Waals surface area contributed by atoms with Crippen LogP contribution in [-0.4, -0.2) is 9.97 Å². The molecule has 204 valence electrons. The molecule has 0 amide bonds. The highest BCUT2D eigenvalue weighted by molar-refractivity contribution is 6.03. The third-order valence-corrected chi connectivity index (χ3v) is 8.91. The smallest absolute Gasteiger partial charge is 0.227 e. The van der Waals surface area contributed by atoms with Crippen LogP contribution in [0.15, 0.2) is 130 Å². The lowest BCUT2D eigenvalue weighted by molar-refractivity contribution is 0.617. The van der Waals surface area contributed by atoms with Crippen molar-refractivity contribution in [3.63, 3.8) is 0 Å². The van der Waals surface area contributed by atoms with Crippen LogP contribution in [0.4, 0.5) is 0 Å². The number of hydrogen-bond acceptors (Lipinski definition) is 4. The molecule has 1 aliphatic rings. The zero-order valence-electron chi connectivity index (χ0n) is 23.8. The summed E-state index contributed by atoms with van der Waals surface area (Å²) in [7, 11) is 0. The van der Waals surface area contributed by atoms with E-state index in [0.29, 0.717) is 11.8 Å². The van der Waals surface area contributed by atoms with Gasteiger partial charge in [-0.1, -0.05) is 86.6 Å². The predicted molar refractivity (Wildman–Crippen MR) is 173 cm³/mol. The lowest BCUT2D eigenvalue weighted by atomic mass is 9.81. The van der Waals surface area contributed by atoms with Gasteiger partial charge in [0.1, 0.15) is 11.0 Å². The zero-order valence-corrected chi connectivity index (χ0v) is 23.8. The summed E-state index contributed by atoms with van der Waals surface area (Å²) in [6, 6.07) is 42.2. The molecule has 9 rings (SSSR count). The van der Waals surface area contributed by atoms with Gasteiger partial charge in [0.2, 0.25) is 11.8 Å². The molecule has 0 radical (unpaired) electrons. The Balaban J connectivity index is 1.25. The summed E-state index contributed by atoms with van der Waals surface area (Å²) in [4.78, 5) is 9.63. The van der Waals surface area contributed by atoms with E-state index in [2.05, 4.69) is 86.6 Å². The number of oxazole rings is 2. The fourth-order valence-electron chi connectivity index (χ4n) is 6.72. The second-order valence-corrected chi connectivity index (χ2v) is 11.9. The van der Waals surface area contributed by atoms with Crippen LogP contribution in [0.1, 0.15) is 25.0 Å². The monoisotopic (exact) mass is 554 g/mol. The molecule has 4 nitrogen and oxygen atoms in total. The molecule has 0 atom stereocenters. The highest BCUT2D eigenvalue weighted by Crippen LogP contribution is 2.52. The van der Waals surface area contributed by atoms with Crippen molar-refractivity contribution in [1.29, 1.82) is 0 Å². The number of fused-ring (bicyclic) bond motifs is 7. The van der Waals surface area contributed by atoms with Gasteiger partial charge in [-0.05, 0) is 92.7 Å². The summed E-state index contributed by atoms with van der Waals surface area (Å²) < 4.78 is 12.4. The standard InChI is InChI=1S/C39H26N2O2/c1-39(2)30-18-16-23-9-3-4-10-28(23)36(30)29-17-15-24(22-31(29)39)25-19-26(37-40-32-11-5-7-13-34(32)42-37)21-27(20-25)38-41-33-12-6-8-14-35(33)43-38/h3-22H,1-2H3. The SMILES string of the molecule is CC1(C)c2cc(-c3cc(-c4nc5ccccc5o4)cc(-c4nc5ccccc5o4)c3)ccc2-c2c1ccc1ccccc21. The number of nitrogens with zero attached hydrogens (tertiary/aromatic N) is 2. The van der Waals surface area contributed by atoms with Crippen LogP contribution in [0.2, 0.25) is 0 Å². The van der Waals surface area contributed by atoms with Crippen molar-refractivity contribution in [2.24, 2.45) is 0 Å². The Morgan fingerprint density at radius 2 is 1.12 bits per heavy atom. The normalized spacial score (nSPS) is 13.5. The minimum absolute atomic E-state index is 0.133. The third-order valence-electron chi connectivity index (χ3n) is 8.91. The van der Waals surface area contributed by atoms with E-state index in [1.807, 2.05) is 48.5 Å². The van der Waals surface area contributed by atoms with Gasteiger partial charge in [-0.15, -0.1) is 0 Å². The molecule has 0 spiro atoms. The van der Waals surface area contributed by atoms with Crippen LogP contribution >= 0.6 is 0 Å². The maximum atomic E-state index is 6.22. The first-order valence-electron chi connectivity index (χ1n) is 14.6. The molecule has 0 N–H and O–H groups in total. The first kappa shape index (κ1) is 24.2. The van der Waals surface area contributed by atoms with Crippen molar-refractivity contribution in [2.45, 2.75) is 19.3 Å². The molecule has 0 saturated heterocycles. The lowest BCUT2D eigenvalue weighted by Crippen LogP contribution is -2.15. The minimum Gasteiger partial charge on any atom is -0.436 e. The Bertz CT molecular complexity index is 2230. The number of rotatable bonds is 3. The fraction of sp³-hybridized carbons (Fsp3) is 0.0769. The molecule has 2 heterocycles. The Hall–Kier alpha value is -5.48. The molecule has 1 aliphatic carbocycles. The predicted octanol–water partition coefficient (Wildman–Crippen LogP) is 10.4. The number of hydrogen-bond donors (Lipinski definition) is 0. The topological polar surface area (TPSA) is 52.1 Å². The first-order chi connectivity index (χ1) is 21.0. The van der Waals surface area contributed by atoms with Gasteiger partial charge in [0.15, 0.2) is 11.2 Å². The van der Waals surface area contributed by atoms with E-state index >= 15 is 0 Å². The molecule has 0 aliphatic heterocycles. The maximum Gasteiger partial charge on any atom is 0.227 e. The number of aromatic nitrogens is 2. The Kier molecular flexibility index (Phi) is 4.92. The summed E-state index contributed by atoms with van der Waals surface area (Å²) in [5.74, 6) is 1.14. The van der Waals surface area contributed by atoms with Crippen LogP contribution in [0.3, 0.4) is 0 Å². The number of benzene rings is 6. The molecule has 2 aromatic heterocycles. The van der Waals surface area contributed by atoms with Gasteiger partial charge in [-0.25, -0.2) is 9.97 Å². The van der Waals surface area contributed by atoms with E-state index in [0.717, 1.165) is 44.5 Å². The van der Waals surface area contributed by atoms with E-state index in [9.17, 15) is 0 Å². The molecular weight excluding hydrogens is 528 g/mol. The molecule has 0 unspecified atom stereocenters. The summed E-state index contributed by atoms with van der Waals surface area (Å²) in [6.45, 7) is 4.66. The van der Waals surface area contributed by atoms with Crippen LogP contribution in [0.25, 0.3) is 78.1 Å². The summed E-state index contributed by atoms with van der Waals surface area (Å²) in [5.41, 5.74) is 12.3. The highest BCUT2D eigenvalue weighted by atomic mass is 16.4. The van der Waals surface area contributed by atoms with E-state index < -0.39 is 0 Å². The molecule has 6 aromatic carbocycles. The minimum atomic E-state index is -0.133. The molecule has 0 fully saturated rings. The van der Waals surface area contributed by atoms with Gasteiger partial charge in [-0.3, -0.25) is 0 Å². The van der Waals surface area contributed by atoms with Crippen molar-refractivity contribution < 1.29 is 8.83 Å². The van der Waals surface area contributed by atoms with Gasteiger partial charge < -0.3 is 8.83 Å². The second-order valence-electron chi connectivity index (χ2n) is 11.9. The Morgan fingerprint density at radius 3 is 1.79 bits per heavy atom. The largest absolute Gasteiger partial charge is 0.436 e. The number of para-hydroxylation sites is 4. The van der Waals surface area contributed by atoms with Crippen molar-refractivity contribution in [1.82, 2.24) is 9.97 Å². The van der Waals surface area contributed by atoms with E-state index in [4.69, 9.17) is 18.8 Å². The first-order valence-corrected chi connectivity index (χ1v) is 14.6. The molecular formula is C39H26N2O2. The van der Waals surface area contributed by atoms with Crippen LogP contribution in [0, 0.1) is 0 Å². The summed E-state index contributed by atoms with van der Waals surface area (Å²) in [6.07, 6.45) is 0. The maximum absolute atomic E-state index is 6.22. The van der Waals surface area contributed by atoms with Gasteiger partial charge in [0, 0.05) is 16.5 Å². The zero-order chi connectivity index (χ0) is 28.7. The highest BCUT2D eigenvalue weighted by Gasteiger charge is 2.36.